The Kier molecular flexibility index (Phi) is 6.03. The number of aryl methyl sites for hydroxylation is 1. The number of carbonyl (C=O) groups excluding carboxylic acids is 2. The maximum Gasteiger partial charge on any atom is 0.262 e. The van der Waals surface area contributed by atoms with Crippen LogP contribution < -0.4 is 21.1 Å². The average Bonchev–Trinajstić information content (AvgIpc) is 2.67. The van der Waals surface area contributed by atoms with Crippen molar-refractivity contribution in [1.82, 2.24) is 9.97 Å². The third kappa shape index (κ3) is 5.52. The van der Waals surface area contributed by atoms with E-state index in [1.165, 1.54) is 6.92 Å². The highest BCUT2D eigenvalue weighted by Crippen LogP contribution is 2.28. The highest BCUT2D eigenvalue weighted by atomic mass is 16.5. The van der Waals surface area contributed by atoms with Gasteiger partial charge in [0, 0.05) is 18.7 Å². The summed E-state index contributed by atoms with van der Waals surface area (Å²) in [6.07, 6.45) is 1.55. The monoisotopic (exact) mass is 391 g/mol. The van der Waals surface area contributed by atoms with Crippen molar-refractivity contribution in [3.05, 3.63) is 60.3 Å². The summed E-state index contributed by atoms with van der Waals surface area (Å²) in [5, 5.41) is 5.47. The smallest absolute Gasteiger partial charge is 0.262 e. The fraction of sp³-hybridized carbons (Fsp3) is 0.143. The Morgan fingerprint density at radius 2 is 1.90 bits per heavy atom. The van der Waals surface area contributed by atoms with Gasteiger partial charge in [0.15, 0.2) is 6.61 Å². The second kappa shape index (κ2) is 8.83. The number of amides is 2. The van der Waals surface area contributed by atoms with Gasteiger partial charge in [0.1, 0.15) is 5.75 Å². The molecule has 0 radical (unpaired) electrons. The Hall–Kier alpha value is -3.94. The number of nitrogens with one attached hydrogen (secondary N) is 2. The molecule has 0 aliphatic carbocycles. The maximum atomic E-state index is 12.3. The molecule has 0 bridgehead atoms. The lowest BCUT2D eigenvalue weighted by Crippen LogP contribution is -2.21. The molecule has 1 aromatic heterocycles. The normalized spacial score (nSPS) is 10.3. The first kappa shape index (κ1) is 19.8. The average molecular weight is 391 g/mol. The maximum absolute atomic E-state index is 12.3. The van der Waals surface area contributed by atoms with Gasteiger partial charge in [0.05, 0.1) is 17.1 Å². The number of carbonyl (C=O) groups is 2. The summed E-state index contributed by atoms with van der Waals surface area (Å²) in [4.78, 5) is 32.0. The molecule has 0 unspecified atom stereocenters. The van der Waals surface area contributed by atoms with Crippen LogP contribution >= 0.6 is 0 Å². The minimum absolute atomic E-state index is 0.147. The molecule has 0 saturated carbocycles. The fourth-order valence-electron chi connectivity index (χ4n) is 2.68. The second-order valence-electron chi connectivity index (χ2n) is 6.39. The van der Waals surface area contributed by atoms with Crippen LogP contribution in [0.2, 0.25) is 0 Å². The van der Waals surface area contributed by atoms with Crippen molar-refractivity contribution in [3.8, 4) is 17.0 Å². The molecule has 0 fully saturated rings. The number of hydrogen-bond acceptors (Lipinski definition) is 6. The van der Waals surface area contributed by atoms with Gasteiger partial charge in [-0.2, -0.15) is 0 Å². The van der Waals surface area contributed by atoms with Crippen molar-refractivity contribution in [2.75, 3.05) is 23.0 Å². The van der Waals surface area contributed by atoms with Gasteiger partial charge in [-0.25, -0.2) is 9.97 Å². The van der Waals surface area contributed by atoms with E-state index in [0.717, 1.165) is 11.1 Å². The van der Waals surface area contributed by atoms with Gasteiger partial charge in [-0.3, -0.25) is 9.59 Å². The van der Waals surface area contributed by atoms with Gasteiger partial charge in [0.2, 0.25) is 11.9 Å². The summed E-state index contributed by atoms with van der Waals surface area (Å²) in [6.45, 7) is 3.18. The van der Waals surface area contributed by atoms with Gasteiger partial charge >= 0.3 is 0 Å². The molecule has 2 amide bonds. The van der Waals surface area contributed by atoms with Crippen LogP contribution in [-0.4, -0.2) is 28.4 Å². The standard InChI is InChI=1S/C21H21N5O3/c1-13-4-3-5-16(10-13)29-12-20(28)25-18-7-6-15(11-19(18)24-14(2)27)17-8-9-23-21(22)26-17/h3-11H,12H2,1-2H3,(H,24,27)(H,25,28)(H2,22,23,26). The van der Waals surface area contributed by atoms with E-state index < -0.39 is 0 Å². The fourth-order valence-corrected chi connectivity index (χ4v) is 2.68. The number of aromatic nitrogens is 2. The number of ether oxygens (including phenoxy) is 1. The number of benzene rings is 2. The molecular weight excluding hydrogens is 370 g/mol. The Bertz CT molecular complexity index is 1050. The van der Waals surface area contributed by atoms with Crippen molar-refractivity contribution >= 4 is 29.1 Å². The molecular formula is C21H21N5O3. The Morgan fingerprint density at radius 3 is 2.62 bits per heavy atom. The van der Waals surface area contributed by atoms with E-state index in [1.54, 1.807) is 36.5 Å². The van der Waals surface area contributed by atoms with Gasteiger partial charge < -0.3 is 21.1 Å². The molecule has 0 atom stereocenters. The first-order valence-corrected chi connectivity index (χ1v) is 8.90. The molecule has 0 aliphatic heterocycles. The SMILES string of the molecule is CC(=O)Nc1cc(-c2ccnc(N)n2)ccc1NC(=O)COc1cccc(C)c1. The summed E-state index contributed by atoms with van der Waals surface area (Å²) in [7, 11) is 0. The van der Waals surface area contributed by atoms with Crippen LogP contribution in [0.4, 0.5) is 17.3 Å². The zero-order valence-corrected chi connectivity index (χ0v) is 16.1. The van der Waals surface area contributed by atoms with E-state index in [4.69, 9.17) is 10.5 Å². The van der Waals surface area contributed by atoms with Crippen molar-refractivity contribution in [1.29, 1.82) is 0 Å². The van der Waals surface area contributed by atoms with Gasteiger partial charge in [0.25, 0.3) is 5.91 Å². The van der Waals surface area contributed by atoms with Crippen LogP contribution in [0.3, 0.4) is 0 Å². The van der Waals surface area contributed by atoms with E-state index in [1.807, 2.05) is 25.1 Å². The summed E-state index contributed by atoms with van der Waals surface area (Å²) < 4.78 is 5.52. The van der Waals surface area contributed by atoms with Crippen LogP contribution in [0.1, 0.15) is 12.5 Å². The Labute approximate surface area is 168 Å². The van der Waals surface area contributed by atoms with Gasteiger partial charge in [-0.15, -0.1) is 0 Å². The lowest BCUT2D eigenvalue weighted by Gasteiger charge is -2.14. The third-order valence-electron chi connectivity index (χ3n) is 3.93. The van der Waals surface area contributed by atoms with Crippen molar-refractivity contribution in [2.24, 2.45) is 0 Å². The number of anilines is 3. The summed E-state index contributed by atoms with van der Waals surface area (Å²) >= 11 is 0. The molecule has 0 saturated heterocycles. The van der Waals surface area contributed by atoms with E-state index in [9.17, 15) is 9.59 Å². The largest absolute Gasteiger partial charge is 0.484 e. The van der Waals surface area contributed by atoms with E-state index >= 15 is 0 Å². The number of rotatable bonds is 6. The highest BCUT2D eigenvalue weighted by Gasteiger charge is 2.12. The number of nitrogen functional groups attached to an aromatic ring is 1. The third-order valence-corrected chi connectivity index (χ3v) is 3.93. The van der Waals surface area contributed by atoms with E-state index in [-0.39, 0.29) is 24.4 Å². The Balaban J connectivity index is 1.76. The lowest BCUT2D eigenvalue weighted by molar-refractivity contribution is -0.118. The lowest BCUT2D eigenvalue weighted by atomic mass is 10.1. The molecule has 1 heterocycles. The zero-order valence-electron chi connectivity index (χ0n) is 16.1. The number of nitrogens with two attached hydrogens (primary N) is 1. The summed E-state index contributed by atoms with van der Waals surface area (Å²) in [6, 6.07) is 14.3. The van der Waals surface area contributed by atoms with Crippen LogP contribution in [0.5, 0.6) is 5.75 Å². The quantitative estimate of drug-likeness (QED) is 0.594. The molecule has 3 rings (SSSR count). The van der Waals surface area contributed by atoms with Crippen LogP contribution in [0, 0.1) is 6.92 Å². The molecule has 0 aliphatic rings. The van der Waals surface area contributed by atoms with Crippen LogP contribution in [-0.2, 0) is 9.59 Å². The first-order chi connectivity index (χ1) is 13.9. The molecule has 8 nitrogen and oxygen atoms in total. The van der Waals surface area contributed by atoms with E-state index in [0.29, 0.717) is 22.8 Å². The minimum Gasteiger partial charge on any atom is -0.484 e. The topological polar surface area (TPSA) is 119 Å². The van der Waals surface area contributed by atoms with Gasteiger partial charge in [-0.05, 0) is 42.8 Å². The molecule has 3 aromatic rings. The van der Waals surface area contributed by atoms with Crippen LogP contribution in [0.25, 0.3) is 11.3 Å². The predicted octanol–water partition coefficient (Wildman–Crippen LogP) is 3.01. The highest BCUT2D eigenvalue weighted by molar-refractivity contribution is 6.00. The predicted molar refractivity (Wildman–Crippen MR) is 111 cm³/mol. The molecule has 8 heteroatoms. The number of nitrogens with zero attached hydrogens (tertiary/aromatic N) is 2. The van der Waals surface area contributed by atoms with Crippen molar-refractivity contribution in [2.45, 2.75) is 13.8 Å². The van der Waals surface area contributed by atoms with Gasteiger partial charge in [-0.1, -0.05) is 18.2 Å². The first-order valence-electron chi connectivity index (χ1n) is 8.90. The summed E-state index contributed by atoms with van der Waals surface area (Å²) in [5.74, 6) is 0.140. The molecule has 2 aromatic carbocycles. The van der Waals surface area contributed by atoms with E-state index in [2.05, 4.69) is 20.6 Å². The zero-order chi connectivity index (χ0) is 20.8. The van der Waals surface area contributed by atoms with Crippen molar-refractivity contribution in [3.63, 3.8) is 0 Å². The van der Waals surface area contributed by atoms with Crippen molar-refractivity contribution < 1.29 is 14.3 Å². The molecule has 4 N–H and O–H groups in total. The Morgan fingerprint density at radius 1 is 1.07 bits per heavy atom. The van der Waals surface area contributed by atoms with Crippen LogP contribution in [0.15, 0.2) is 54.7 Å². The number of hydrogen-bond donors (Lipinski definition) is 3. The minimum atomic E-state index is -0.350. The molecule has 29 heavy (non-hydrogen) atoms. The molecule has 0 spiro atoms. The summed E-state index contributed by atoms with van der Waals surface area (Å²) in [5.41, 5.74) is 8.89. The second-order valence-corrected chi connectivity index (χ2v) is 6.39. The molecule has 148 valence electrons.